The lowest BCUT2D eigenvalue weighted by atomic mass is 10.1. The summed E-state index contributed by atoms with van der Waals surface area (Å²) in [5, 5.41) is 14.1. The van der Waals surface area contributed by atoms with Crippen LogP contribution in [0.15, 0.2) is 41.8 Å². The number of benzene rings is 1. The Morgan fingerprint density at radius 3 is 2.46 bits per heavy atom. The Hall–Kier alpha value is -2.77. The van der Waals surface area contributed by atoms with E-state index < -0.39 is 5.91 Å². The number of anilines is 2. The standard InChI is InChI=1S/C19H20N4O2S/c1-3-14-15(4-2)21-18(16-6-5-11-26-16)22-17(14)20-13-9-7-12(8-10-13)19(24)23-25/h5-11,25H,3-4H2,1-2H3,(H,23,24)(H,20,21,22). The highest BCUT2D eigenvalue weighted by Gasteiger charge is 2.14. The molecule has 0 fully saturated rings. The minimum absolute atomic E-state index is 0.380. The van der Waals surface area contributed by atoms with Crippen LogP contribution < -0.4 is 10.8 Å². The number of thiophene rings is 1. The minimum atomic E-state index is -0.541. The molecule has 3 N–H and O–H groups in total. The maximum Gasteiger partial charge on any atom is 0.274 e. The van der Waals surface area contributed by atoms with Crippen LogP contribution >= 0.6 is 11.3 Å². The molecule has 1 amide bonds. The maximum atomic E-state index is 11.4. The summed E-state index contributed by atoms with van der Waals surface area (Å²) in [5.74, 6) is 0.955. The first-order valence-electron chi connectivity index (χ1n) is 8.41. The molecule has 0 aliphatic rings. The zero-order valence-electron chi connectivity index (χ0n) is 14.6. The van der Waals surface area contributed by atoms with Crippen molar-refractivity contribution in [2.24, 2.45) is 0 Å². The Balaban J connectivity index is 1.97. The zero-order valence-corrected chi connectivity index (χ0v) is 15.4. The van der Waals surface area contributed by atoms with Crippen LogP contribution in [0.3, 0.4) is 0 Å². The second kappa shape index (κ2) is 8.07. The molecule has 0 bridgehead atoms. The van der Waals surface area contributed by atoms with Crippen molar-refractivity contribution in [3.8, 4) is 10.7 Å². The van der Waals surface area contributed by atoms with Gasteiger partial charge in [0.1, 0.15) is 5.82 Å². The summed E-state index contributed by atoms with van der Waals surface area (Å²) in [7, 11) is 0. The van der Waals surface area contributed by atoms with Gasteiger partial charge in [0.25, 0.3) is 5.91 Å². The molecular formula is C19H20N4O2S. The summed E-state index contributed by atoms with van der Waals surface area (Å²) in [4.78, 5) is 21.9. The van der Waals surface area contributed by atoms with Gasteiger partial charge in [-0.15, -0.1) is 11.3 Å². The molecule has 6 nitrogen and oxygen atoms in total. The summed E-state index contributed by atoms with van der Waals surface area (Å²) >= 11 is 1.61. The quantitative estimate of drug-likeness (QED) is 0.448. The normalized spacial score (nSPS) is 10.6. The molecule has 3 aromatic rings. The lowest BCUT2D eigenvalue weighted by Crippen LogP contribution is -2.18. The number of hydrogen-bond donors (Lipinski definition) is 3. The molecule has 0 spiro atoms. The maximum absolute atomic E-state index is 11.4. The van der Waals surface area contributed by atoms with E-state index in [1.54, 1.807) is 41.1 Å². The molecule has 0 saturated heterocycles. The van der Waals surface area contributed by atoms with Crippen molar-refractivity contribution in [2.75, 3.05) is 5.32 Å². The van der Waals surface area contributed by atoms with Crippen LogP contribution in [0.5, 0.6) is 0 Å². The highest BCUT2D eigenvalue weighted by Crippen LogP contribution is 2.28. The van der Waals surface area contributed by atoms with Crippen molar-refractivity contribution < 1.29 is 10.0 Å². The van der Waals surface area contributed by atoms with Gasteiger partial charge in [0, 0.05) is 22.5 Å². The Labute approximate surface area is 155 Å². The van der Waals surface area contributed by atoms with E-state index in [1.807, 2.05) is 17.5 Å². The van der Waals surface area contributed by atoms with E-state index in [4.69, 9.17) is 15.2 Å². The average molecular weight is 368 g/mol. The molecule has 0 radical (unpaired) electrons. The van der Waals surface area contributed by atoms with Crippen LogP contribution in [0.2, 0.25) is 0 Å². The van der Waals surface area contributed by atoms with Gasteiger partial charge in [-0.05, 0) is 48.6 Å². The molecule has 2 heterocycles. The molecule has 0 unspecified atom stereocenters. The van der Waals surface area contributed by atoms with Crippen molar-refractivity contribution in [1.29, 1.82) is 0 Å². The fourth-order valence-electron chi connectivity index (χ4n) is 2.72. The highest BCUT2D eigenvalue weighted by atomic mass is 32.1. The van der Waals surface area contributed by atoms with Gasteiger partial charge in [-0.2, -0.15) is 0 Å². The number of amides is 1. The van der Waals surface area contributed by atoms with E-state index >= 15 is 0 Å². The number of nitrogens with zero attached hydrogens (tertiary/aromatic N) is 2. The van der Waals surface area contributed by atoms with Crippen LogP contribution in [0.25, 0.3) is 10.7 Å². The lowest BCUT2D eigenvalue weighted by Gasteiger charge is -2.15. The predicted octanol–water partition coefficient (Wildman–Crippen LogP) is 4.19. The average Bonchev–Trinajstić information content (AvgIpc) is 3.22. The van der Waals surface area contributed by atoms with Crippen LogP contribution in [-0.2, 0) is 12.8 Å². The van der Waals surface area contributed by atoms with Gasteiger partial charge < -0.3 is 5.32 Å². The van der Waals surface area contributed by atoms with Gasteiger partial charge >= 0.3 is 0 Å². The summed E-state index contributed by atoms with van der Waals surface area (Å²) in [6.45, 7) is 4.17. The van der Waals surface area contributed by atoms with E-state index in [1.165, 1.54) is 0 Å². The third-order valence-corrected chi connectivity index (χ3v) is 4.90. The number of carbonyl (C=O) groups is 1. The smallest absolute Gasteiger partial charge is 0.274 e. The molecule has 0 aliphatic carbocycles. The monoisotopic (exact) mass is 368 g/mol. The molecule has 0 aliphatic heterocycles. The van der Waals surface area contributed by atoms with E-state index in [2.05, 4.69) is 19.2 Å². The van der Waals surface area contributed by atoms with Gasteiger partial charge in [-0.25, -0.2) is 15.4 Å². The van der Waals surface area contributed by atoms with E-state index in [0.717, 1.165) is 40.5 Å². The minimum Gasteiger partial charge on any atom is -0.340 e. The van der Waals surface area contributed by atoms with E-state index in [-0.39, 0.29) is 0 Å². The molecule has 0 saturated carbocycles. The van der Waals surface area contributed by atoms with Crippen molar-refractivity contribution in [3.63, 3.8) is 0 Å². The first kappa shape index (κ1) is 18.0. The fourth-order valence-corrected chi connectivity index (χ4v) is 3.38. The molecule has 3 rings (SSSR count). The zero-order chi connectivity index (χ0) is 18.5. The molecule has 0 atom stereocenters. The third kappa shape index (κ3) is 3.74. The second-order valence-electron chi connectivity index (χ2n) is 5.65. The number of hydroxylamine groups is 1. The number of carbonyl (C=O) groups excluding carboxylic acids is 1. The van der Waals surface area contributed by atoms with Crippen molar-refractivity contribution in [3.05, 3.63) is 58.6 Å². The molecular weight excluding hydrogens is 348 g/mol. The SMILES string of the molecule is CCc1nc(-c2cccs2)nc(Nc2ccc(C(=O)NO)cc2)c1CC. The summed E-state index contributed by atoms with van der Waals surface area (Å²) < 4.78 is 0. The van der Waals surface area contributed by atoms with Gasteiger partial charge in [0.15, 0.2) is 5.82 Å². The molecule has 1 aromatic carbocycles. The molecule has 134 valence electrons. The molecule has 7 heteroatoms. The molecule has 2 aromatic heterocycles. The van der Waals surface area contributed by atoms with E-state index in [0.29, 0.717) is 11.4 Å². The number of rotatable bonds is 6. The Kier molecular flexibility index (Phi) is 5.60. The van der Waals surface area contributed by atoms with Gasteiger partial charge in [-0.1, -0.05) is 19.9 Å². The first-order chi connectivity index (χ1) is 12.7. The Morgan fingerprint density at radius 1 is 1.12 bits per heavy atom. The van der Waals surface area contributed by atoms with Crippen molar-refractivity contribution >= 4 is 28.7 Å². The third-order valence-electron chi connectivity index (χ3n) is 4.03. The summed E-state index contributed by atoms with van der Waals surface area (Å²) in [5.41, 5.74) is 4.94. The Bertz CT molecular complexity index is 893. The van der Waals surface area contributed by atoms with Gasteiger partial charge in [0.05, 0.1) is 4.88 Å². The number of hydrogen-bond acceptors (Lipinski definition) is 6. The van der Waals surface area contributed by atoms with Gasteiger partial charge in [0.2, 0.25) is 0 Å². The highest BCUT2D eigenvalue weighted by molar-refractivity contribution is 7.13. The number of nitrogens with one attached hydrogen (secondary N) is 2. The number of aryl methyl sites for hydroxylation is 1. The topological polar surface area (TPSA) is 87.1 Å². The summed E-state index contributed by atoms with van der Waals surface area (Å²) in [6.07, 6.45) is 1.65. The number of aromatic nitrogens is 2. The van der Waals surface area contributed by atoms with Crippen LogP contribution in [0.4, 0.5) is 11.5 Å². The van der Waals surface area contributed by atoms with Crippen molar-refractivity contribution in [1.82, 2.24) is 15.4 Å². The fraction of sp³-hybridized carbons (Fsp3) is 0.211. The second-order valence-corrected chi connectivity index (χ2v) is 6.60. The van der Waals surface area contributed by atoms with Crippen LogP contribution in [0.1, 0.15) is 35.5 Å². The lowest BCUT2D eigenvalue weighted by molar-refractivity contribution is 0.0706. The van der Waals surface area contributed by atoms with Gasteiger partial charge in [-0.3, -0.25) is 10.0 Å². The van der Waals surface area contributed by atoms with E-state index in [9.17, 15) is 4.79 Å². The van der Waals surface area contributed by atoms with Crippen LogP contribution in [-0.4, -0.2) is 21.1 Å². The van der Waals surface area contributed by atoms with Crippen molar-refractivity contribution in [2.45, 2.75) is 26.7 Å². The van der Waals surface area contributed by atoms with Crippen LogP contribution in [0, 0.1) is 0 Å². The largest absolute Gasteiger partial charge is 0.340 e. The molecule has 26 heavy (non-hydrogen) atoms. The summed E-state index contributed by atoms with van der Waals surface area (Å²) in [6, 6.07) is 10.8. The first-order valence-corrected chi connectivity index (χ1v) is 9.29. The Morgan fingerprint density at radius 2 is 1.88 bits per heavy atom. The predicted molar refractivity (Wildman–Crippen MR) is 103 cm³/mol.